The maximum atomic E-state index is 11.9. The third-order valence-electron chi connectivity index (χ3n) is 4.35. The lowest BCUT2D eigenvalue weighted by atomic mass is 10.1. The third kappa shape index (κ3) is 10.1. The Morgan fingerprint density at radius 1 is 1.12 bits per heavy atom. The second-order valence-corrected chi connectivity index (χ2v) is 6.44. The van der Waals surface area contributed by atoms with Crippen molar-refractivity contribution in [2.45, 2.75) is 83.1 Å². The van der Waals surface area contributed by atoms with E-state index < -0.39 is 0 Å². The van der Waals surface area contributed by atoms with Gasteiger partial charge >= 0.3 is 0 Å². The molecule has 1 atom stereocenters. The minimum absolute atomic E-state index is 0.00454. The zero-order valence-electron chi connectivity index (χ0n) is 14.6. The molecule has 1 rings (SSSR count). The number of unbranched alkanes of at least 4 members (excludes halogenated alkanes) is 7. The van der Waals surface area contributed by atoms with Crippen LogP contribution < -0.4 is 10.6 Å². The van der Waals surface area contributed by atoms with Gasteiger partial charge in [-0.25, -0.2) is 0 Å². The van der Waals surface area contributed by atoms with Crippen LogP contribution in [0.15, 0.2) is 5.11 Å². The van der Waals surface area contributed by atoms with Gasteiger partial charge in [0.2, 0.25) is 11.8 Å². The number of amides is 2. The van der Waals surface area contributed by atoms with Gasteiger partial charge in [0.05, 0.1) is 0 Å². The first-order chi connectivity index (χ1) is 11.7. The Labute approximate surface area is 144 Å². The fourth-order valence-electron chi connectivity index (χ4n) is 2.92. The van der Waals surface area contributed by atoms with Crippen molar-refractivity contribution >= 4 is 11.8 Å². The topological polar surface area (TPSA) is 107 Å². The van der Waals surface area contributed by atoms with Gasteiger partial charge in [-0.1, -0.05) is 43.6 Å². The van der Waals surface area contributed by atoms with Crippen LogP contribution in [0.2, 0.25) is 0 Å². The Hall–Kier alpha value is -1.75. The molecule has 24 heavy (non-hydrogen) atoms. The van der Waals surface area contributed by atoms with Gasteiger partial charge in [-0.15, -0.1) is 0 Å². The Balaban J connectivity index is 1.94. The first-order valence-electron chi connectivity index (χ1n) is 9.32. The summed E-state index contributed by atoms with van der Waals surface area (Å²) in [5.41, 5.74) is 8.16. The van der Waals surface area contributed by atoms with Gasteiger partial charge in [0.25, 0.3) is 0 Å². The number of carbonyl (C=O) groups is 2. The van der Waals surface area contributed by atoms with Crippen LogP contribution in [0.1, 0.15) is 77.0 Å². The summed E-state index contributed by atoms with van der Waals surface area (Å²) < 4.78 is 0. The van der Waals surface area contributed by atoms with E-state index in [1.54, 1.807) is 0 Å². The van der Waals surface area contributed by atoms with Crippen molar-refractivity contribution in [1.82, 2.24) is 10.6 Å². The van der Waals surface area contributed by atoms with Crippen LogP contribution >= 0.6 is 0 Å². The van der Waals surface area contributed by atoms with Gasteiger partial charge in [0.1, 0.15) is 6.04 Å². The SMILES string of the molecule is [N-]=[N+]=NCCCCCCCCCCC(=O)N[C@H]1CCCCNC1=O. The fourth-order valence-corrected chi connectivity index (χ4v) is 2.92. The normalized spacial score (nSPS) is 17.5. The summed E-state index contributed by atoms with van der Waals surface area (Å²) >= 11 is 0. The molecule has 0 aromatic rings. The standard InChI is InChI=1S/C17H31N5O2/c18-22-20-14-9-6-4-2-1-3-5-7-12-16(23)21-15-11-8-10-13-19-17(15)24/h15H,1-14H2,(H,19,24)(H,21,23)/t15-/m0/s1. The molecule has 7 nitrogen and oxygen atoms in total. The molecule has 1 saturated heterocycles. The second kappa shape index (κ2) is 13.7. The Morgan fingerprint density at radius 3 is 2.50 bits per heavy atom. The summed E-state index contributed by atoms with van der Waals surface area (Å²) in [5, 5.41) is 9.21. The van der Waals surface area contributed by atoms with Crippen LogP contribution in [0.3, 0.4) is 0 Å². The predicted molar refractivity (Wildman–Crippen MR) is 94.4 cm³/mol. The van der Waals surface area contributed by atoms with Crippen LogP contribution in [-0.2, 0) is 9.59 Å². The lowest BCUT2D eigenvalue weighted by Crippen LogP contribution is -2.45. The van der Waals surface area contributed by atoms with Gasteiger partial charge < -0.3 is 10.6 Å². The summed E-state index contributed by atoms with van der Waals surface area (Å²) in [4.78, 5) is 26.4. The van der Waals surface area contributed by atoms with Gasteiger partial charge in [0, 0.05) is 24.4 Å². The molecular formula is C17H31N5O2. The maximum absolute atomic E-state index is 11.9. The van der Waals surface area contributed by atoms with E-state index in [1.807, 2.05) is 0 Å². The minimum atomic E-state index is -0.342. The van der Waals surface area contributed by atoms with Crippen molar-refractivity contribution in [3.05, 3.63) is 10.4 Å². The number of nitrogens with zero attached hydrogens (tertiary/aromatic N) is 3. The smallest absolute Gasteiger partial charge is 0.242 e. The fraction of sp³-hybridized carbons (Fsp3) is 0.882. The predicted octanol–water partition coefficient (Wildman–Crippen LogP) is 3.59. The van der Waals surface area contributed by atoms with Crippen molar-refractivity contribution in [2.24, 2.45) is 5.11 Å². The summed E-state index contributed by atoms with van der Waals surface area (Å²) in [6.07, 6.45) is 12.0. The van der Waals surface area contributed by atoms with Crippen LogP contribution in [0.4, 0.5) is 0 Å². The molecule has 2 N–H and O–H groups in total. The monoisotopic (exact) mass is 337 g/mol. The molecular weight excluding hydrogens is 306 g/mol. The summed E-state index contributed by atoms with van der Waals surface area (Å²) in [5.74, 6) is -0.0450. The first kappa shape index (κ1) is 20.3. The molecule has 1 heterocycles. The Morgan fingerprint density at radius 2 is 1.79 bits per heavy atom. The number of carbonyl (C=O) groups excluding carboxylic acids is 2. The van der Waals surface area contributed by atoms with E-state index in [0.717, 1.165) is 57.9 Å². The van der Waals surface area contributed by atoms with Gasteiger partial charge in [-0.2, -0.15) is 0 Å². The zero-order chi connectivity index (χ0) is 17.5. The van der Waals surface area contributed by atoms with E-state index in [1.165, 1.54) is 19.3 Å². The summed E-state index contributed by atoms with van der Waals surface area (Å²) in [7, 11) is 0. The molecule has 0 spiro atoms. The number of nitrogens with one attached hydrogen (secondary N) is 2. The molecule has 0 aliphatic carbocycles. The van der Waals surface area contributed by atoms with Crippen LogP contribution in [-0.4, -0.2) is 30.9 Å². The Bertz CT molecular complexity index is 421. The zero-order valence-corrected chi connectivity index (χ0v) is 14.6. The molecule has 1 fully saturated rings. The van der Waals surface area contributed by atoms with Gasteiger partial charge in [-0.3, -0.25) is 9.59 Å². The minimum Gasteiger partial charge on any atom is -0.354 e. The highest BCUT2D eigenvalue weighted by atomic mass is 16.2. The van der Waals surface area contributed by atoms with E-state index in [0.29, 0.717) is 13.0 Å². The summed E-state index contributed by atoms with van der Waals surface area (Å²) in [6.45, 7) is 1.32. The molecule has 136 valence electrons. The Kier molecular flexibility index (Phi) is 11.6. The lowest BCUT2D eigenvalue weighted by molar-refractivity contribution is -0.128. The number of rotatable bonds is 12. The van der Waals surface area contributed by atoms with E-state index in [4.69, 9.17) is 5.53 Å². The first-order valence-corrected chi connectivity index (χ1v) is 9.32. The highest BCUT2D eigenvalue weighted by Gasteiger charge is 2.21. The van der Waals surface area contributed by atoms with Crippen molar-refractivity contribution in [3.8, 4) is 0 Å². The number of azide groups is 1. The molecule has 0 unspecified atom stereocenters. The second-order valence-electron chi connectivity index (χ2n) is 6.44. The largest absolute Gasteiger partial charge is 0.354 e. The number of hydrogen-bond donors (Lipinski definition) is 2. The van der Waals surface area contributed by atoms with Crippen LogP contribution in [0, 0.1) is 0 Å². The quantitative estimate of drug-likeness (QED) is 0.246. The highest BCUT2D eigenvalue weighted by molar-refractivity contribution is 5.87. The molecule has 1 aliphatic heterocycles. The van der Waals surface area contributed by atoms with Crippen LogP contribution in [0.25, 0.3) is 10.4 Å². The van der Waals surface area contributed by atoms with Crippen molar-refractivity contribution < 1.29 is 9.59 Å². The average Bonchev–Trinajstić information content (AvgIpc) is 2.77. The van der Waals surface area contributed by atoms with E-state index >= 15 is 0 Å². The van der Waals surface area contributed by atoms with E-state index in [-0.39, 0.29) is 17.9 Å². The van der Waals surface area contributed by atoms with Crippen molar-refractivity contribution in [1.29, 1.82) is 0 Å². The highest BCUT2D eigenvalue weighted by Crippen LogP contribution is 2.10. The average molecular weight is 337 g/mol. The maximum Gasteiger partial charge on any atom is 0.242 e. The molecule has 0 bridgehead atoms. The molecule has 0 saturated carbocycles. The molecule has 0 aromatic heterocycles. The molecule has 0 radical (unpaired) electrons. The van der Waals surface area contributed by atoms with Crippen molar-refractivity contribution in [2.75, 3.05) is 13.1 Å². The van der Waals surface area contributed by atoms with E-state index in [9.17, 15) is 9.59 Å². The lowest BCUT2D eigenvalue weighted by Gasteiger charge is -2.15. The molecule has 0 aromatic carbocycles. The molecule has 1 aliphatic rings. The molecule has 2 amide bonds. The number of hydrogen-bond acceptors (Lipinski definition) is 3. The third-order valence-corrected chi connectivity index (χ3v) is 4.35. The molecule has 7 heteroatoms. The van der Waals surface area contributed by atoms with Crippen LogP contribution in [0.5, 0.6) is 0 Å². The van der Waals surface area contributed by atoms with Crippen molar-refractivity contribution in [3.63, 3.8) is 0 Å². The van der Waals surface area contributed by atoms with E-state index in [2.05, 4.69) is 20.7 Å². The van der Waals surface area contributed by atoms with Gasteiger partial charge in [0.15, 0.2) is 0 Å². The summed E-state index contributed by atoms with van der Waals surface area (Å²) in [6, 6.07) is -0.342. The van der Waals surface area contributed by atoms with Gasteiger partial charge in [-0.05, 0) is 37.6 Å².